The zero-order chi connectivity index (χ0) is 17.5. The second-order valence-electron chi connectivity index (χ2n) is 7.66. The fourth-order valence-corrected chi connectivity index (χ4v) is 4.56. The summed E-state index contributed by atoms with van der Waals surface area (Å²) >= 11 is 0. The van der Waals surface area contributed by atoms with Gasteiger partial charge in [-0.15, -0.1) is 0 Å². The van der Waals surface area contributed by atoms with Gasteiger partial charge in [0.05, 0.1) is 0 Å². The highest BCUT2D eigenvalue weighted by molar-refractivity contribution is 5.84. The number of carbonyl (C=O) groups is 2. The first kappa shape index (κ1) is 19.2. The van der Waals surface area contributed by atoms with Crippen molar-refractivity contribution in [2.75, 3.05) is 13.1 Å². The van der Waals surface area contributed by atoms with E-state index in [0.717, 1.165) is 38.8 Å². The topological polar surface area (TPSA) is 75.4 Å². The van der Waals surface area contributed by atoms with Gasteiger partial charge in [-0.3, -0.25) is 9.59 Å². The molecule has 2 fully saturated rings. The Balaban J connectivity index is 1.79. The van der Waals surface area contributed by atoms with Gasteiger partial charge in [0.25, 0.3) is 0 Å². The number of hydrogen-bond acceptors (Lipinski definition) is 3. The summed E-state index contributed by atoms with van der Waals surface area (Å²) in [7, 11) is 0. The van der Waals surface area contributed by atoms with Crippen LogP contribution in [-0.4, -0.2) is 41.9 Å². The van der Waals surface area contributed by atoms with E-state index in [4.69, 9.17) is 5.73 Å². The van der Waals surface area contributed by atoms with Crippen molar-refractivity contribution in [3.63, 3.8) is 0 Å². The summed E-state index contributed by atoms with van der Waals surface area (Å²) in [6.07, 6.45) is 8.23. The number of rotatable bonds is 8. The monoisotopic (exact) mass is 337 g/mol. The molecule has 2 aliphatic carbocycles. The average molecular weight is 338 g/mol. The Kier molecular flexibility index (Phi) is 7.53. The quantitative estimate of drug-likeness (QED) is 0.714. The lowest BCUT2D eigenvalue weighted by Crippen LogP contribution is -2.53. The van der Waals surface area contributed by atoms with Gasteiger partial charge in [0, 0.05) is 38.0 Å². The molecule has 3 N–H and O–H groups in total. The lowest BCUT2D eigenvalue weighted by atomic mass is 9.67. The van der Waals surface area contributed by atoms with E-state index in [1.165, 1.54) is 19.3 Å². The number of carbonyl (C=O) groups excluding carboxylic acids is 2. The van der Waals surface area contributed by atoms with Gasteiger partial charge in [0.15, 0.2) is 0 Å². The summed E-state index contributed by atoms with van der Waals surface area (Å²) in [6, 6.07) is 0.579. The molecule has 0 aromatic heterocycles. The van der Waals surface area contributed by atoms with Crippen molar-refractivity contribution in [1.29, 1.82) is 0 Å². The highest BCUT2D eigenvalue weighted by Gasteiger charge is 2.39. The number of amides is 2. The molecule has 0 aromatic rings. The normalized spacial score (nSPS) is 29.1. The third-order valence-electron chi connectivity index (χ3n) is 5.61. The van der Waals surface area contributed by atoms with Crippen LogP contribution >= 0.6 is 0 Å². The van der Waals surface area contributed by atoms with Crippen molar-refractivity contribution < 1.29 is 9.59 Å². The van der Waals surface area contributed by atoms with Gasteiger partial charge in [-0.1, -0.05) is 20.3 Å². The van der Waals surface area contributed by atoms with E-state index in [-0.39, 0.29) is 17.9 Å². The standard InChI is InChI=1S/C19H35N3O2/c1-3-10-22(11-4-2)18(24)9-8-17(23)21-19-14-6-5-7-15(19)13-16(20)12-14/h14-16,19H,3-13,20H2,1-2H3,(H,21,23). The highest BCUT2D eigenvalue weighted by Crippen LogP contribution is 2.39. The van der Waals surface area contributed by atoms with Gasteiger partial charge in [-0.2, -0.15) is 0 Å². The van der Waals surface area contributed by atoms with Crippen LogP contribution in [0.4, 0.5) is 0 Å². The van der Waals surface area contributed by atoms with Crippen molar-refractivity contribution >= 4 is 11.8 Å². The molecule has 5 nitrogen and oxygen atoms in total. The van der Waals surface area contributed by atoms with Gasteiger partial charge in [0.1, 0.15) is 0 Å². The number of nitrogens with one attached hydrogen (secondary N) is 1. The molecule has 2 amide bonds. The van der Waals surface area contributed by atoms with Gasteiger partial charge >= 0.3 is 0 Å². The summed E-state index contributed by atoms with van der Waals surface area (Å²) in [6.45, 7) is 5.74. The maximum absolute atomic E-state index is 12.4. The number of hydrogen-bond donors (Lipinski definition) is 2. The summed E-state index contributed by atoms with van der Waals surface area (Å²) in [5.74, 6) is 1.21. The van der Waals surface area contributed by atoms with E-state index in [2.05, 4.69) is 19.2 Å². The van der Waals surface area contributed by atoms with Crippen LogP contribution in [0.15, 0.2) is 0 Å². The largest absolute Gasteiger partial charge is 0.353 e. The summed E-state index contributed by atoms with van der Waals surface area (Å²) in [5.41, 5.74) is 6.14. The Bertz CT molecular complexity index is 407. The van der Waals surface area contributed by atoms with Crippen LogP contribution in [0.3, 0.4) is 0 Å². The number of fused-ring (bicyclic) bond motifs is 2. The second kappa shape index (κ2) is 9.40. The third kappa shape index (κ3) is 5.20. The summed E-state index contributed by atoms with van der Waals surface area (Å²) < 4.78 is 0. The molecular formula is C19H35N3O2. The van der Waals surface area contributed by atoms with Crippen LogP contribution in [0, 0.1) is 11.8 Å². The van der Waals surface area contributed by atoms with Crippen LogP contribution in [0.1, 0.15) is 71.6 Å². The Morgan fingerprint density at radius 2 is 1.62 bits per heavy atom. The molecule has 0 heterocycles. The first-order chi connectivity index (χ1) is 11.5. The Morgan fingerprint density at radius 3 is 2.17 bits per heavy atom. The molecule has 0 spiro atoms. The van der Waals surface area contributed by atoms with Gasteiger partial charge in [-0.25, -0.2) is 0 Å². The molecule has 0 radical (unpaired) electrons. The van der Waals surface area contributed by atoms with Crippen LogP contribution in [-0.2, 0) is 9.59 Å². The van der Waals surface area contributed by atoms with Crippen molar-refractivity contribution in [3.05, 3.63) is 0 Å². The average Bonchev–Trinajstić information content (AvgIpc) is 2.53. The molecule has 2 saturated carbocycles. The minimum Gasteiger partial charge on any atom is -0.353 e. The number of nitrogens with two attached hydrogens (primary N) is 1. The van der Waals surface area contributed by atoms with Crippen molar-refractivity contribution in [1.82, 2.24) is 10.2 Å². The minimum atomic E-state index is 0.0358. The van der Waals surface area contributed by atoms with Crippen molar-refractivity contribution in [3.8, 4) is 0 Å². The molecule has 2 unspecified atom stereocenters. The van der Waals surface area contributed by atoms with E-state index in [1.807, 2.05) is 4.90 Å². The van der Waals surface area contributed by atoms with E-state index in [9.17, 15) is 9.59 Å². The molecule has 24 heavy (non-hydrogen) atoms. The first-order valence-corrected chi connectivity index (χ1v) is 9.87. The molecule has 138 valence electrons. The molecule has 2 bridgehead atoms. The minimum absolute atomic E-state index is 0.0358. The van der Waals surface area contributed by atoms with Gasteiger partial charge in [-0.05, 0) is 50.4 Å². The molecule has 2 atom stereocenters. The smallest absolute Gasteiger partial charge is 0.223 e. The van der Waals surface area contributed by atoms with Crippen molar-refractivity contribution in [2.45, 2.75) is 83.7 Å². The highest BCUT2D eigenvalue weighted by atomic mass is 16.2. The molecule has 0 aromatic carbocycles. The summed E-state index contributed by atoms with van der Waals surface area (Å²) in [5, 5.41) is 3.23. The maximum Gasteiger partial charge on any atom is 0.223 e. The van der Waals surface area contributed by atoms with Gasteiger partial charge in [0.2, 0.25) is 11.8 Å². The molecule has 2 aliphatic rings. The lowest BCUT2D eigenvalue weighted by Gasteiger charge is -2.45. The molecule has 5 heteroatoms. The Morgan fingerprint density at radius 1 is 1.04 bits per heavy atom. The van der Waals surface area contributed by atoms with E-state index >= 15 is 0 Å². The lowest BCUT2D eigenvalue weighted by molar-refractivity contribution is -0.134. The van der Waals surface area contributed by atoms with Crippen LogP contribution in [0.25, 0.3) is 0 Å². The van der Waals surface area contributed by atoms with Gasteiger partial charge < -0.3 is 16.0 Å². The number of nitrogens with zero attached hydrogens (tertiary/aromatic N) is 1. The molecule has 2 rings (SSSR count). The first-order valence-electron chi connectivity index (χ1n) is 9.87. The molecular weight excluding hydrogens is 302 g/mol. The maximum atomic E-state index is 12.4. The fourth-order valence-electron chi connectivity index (χ4n) is 4.56. The van der Waals surface area contributed by atoms with E-state index in [1.54, 1.807) is 0 Å². The van der Waals surface area contributed by atoms with E-state index in [0.29, 0.717) is 30.7 Å². The van der Waals surface area contributed by atoms with Crippen LogP contribution < -0.4 is 11.1 Å². The van der Waals surface area contributed by atoms with E-state index < -0.39 is 0 Å². The predicted molar refractivity (Wildman–Crippen MR) is 96.4 cm³/mol. The second-order valence-corrected chi connectivity index (χ2v) is 7.66. The molecule has 0 saturated heterocycles. The zero-order valence-corrected chi connectivity index (χ0v) is 15.4. The zero-order valence-electron chi connectivity index (χ0n) is 15.4. The fraction of sp³-hybridized carbons (Fsp3) is 0.895. The Hall–Kier alpha value is -1.10. The van der Waals surface area contributed by atoms with Crippen LogP contribution in [0.2, 0.25) is 0 Å². The third-order valence-corrected chi connectivity index (χ3v) is 5.61. The van der Waals surface area contributed by atoms with Crippen molar-refractivity contribution in [2.24, 2.45) is 17.6 Å². The van der Waals surface area contributed by atoms with Crippen LogP contribution in [0.5, 0.6) is 0 Å². The SMILES string of the molecule is CCCN(CCC)C(=O)CCC(=O)NC1C2CCCC1CC(N)C2. The molecule has 0 aliphatic heterocycles. The summed E-state index contributed by atoms with van der Waals surface area (Å²) in [4.78, 5) is 26.5. The predicted octanol–water partition coefficient (Wildman–Crippen LogP) is 2.44. The Labute approximate surface area is 146 Å².